The average Bonchev–Trinajstić information content (AvgIpc) is 3.36. The van der Waals surface area contributed by atoms with Crippen LogP contribution in [-0.4, -0.2) is 70.9 Å². The summed E-state index contributed by atoms with van der Waals surface area (Å²) in [5.41, 5.74) is 0.637. The van der Waals surface area contributed by atoms with Gasteiger partial charge >= 0.3 is 12.1 Å². The van der Waals surface area contributed by atoms with E-state index in [9.17, 15) is 19.2 Å². The molecule has 2 aromatic heterocycles. The molecule has 3 heterocycles. The Morgan fingerprint density at radius 3 is 2.50 bits per heavy atom. The van der Waals surface area contributed by atoms with Crippen LogP contribution in [0.5, 0.6) is 5.75 Å². The van der Waals surface area contributed by atoms with E-state index in [1.54, 1.807) is 49.6 Å². The van der Waals surface area contributed by atoms with Gasteiger partial charge in [-0.3, -0.25) is 14.2 Å². The van der Waals surface area contributed by atoms with Crippen molar-refractivity contribution < 1.29 is 28.6 Å². The minimum absolute atomic E-state index is 0.148. The number of hydrogen-bond donors (Lipinski definition) is 1. The number of methoxy groups -OCH3 is 2. The van der Waals surface area contributed by atoms with Crippen molar-refractivity contribution in [2.75, 3.05) is 32.2 Å². The molecule has 0 bridgehead atoms. The van der Waals surface area contributed by atoms with Crippen LogP contribution in [0.25, 0.3) is 11.0 Å². The van der Waals surface area contributed by atoms with E-state index in [-0.39, 0.29) is 41.5 Å². The second-order valence-electron chi connectivity index (χ2n) is 12.2. The number of ketones is 1. The number of nitrogens with zero attached hydrogens (tertiary/aromatic N) is 4. The summed E-state index contributed by atoms with van der Waals surface area (Å²) >= 11 is 0. The van der Waals surface area contributed by atoms with Crippen LogP contribution in [-0.2, 0) is 22.6 Å². The molecule has 0 spiro atoms. The summed E-state index contributed by atoms with van der Waals surface area (Å²) in [6.45, 7) is 6.30. The van der Waals surface area contributed by atoms with Crippen LogP contribution >= 0.6 is 0 Å². The summed E-state index contributed by atoms with van der Waals surface area (Å²) in [7, 11) is 2.80. The van der Waals surface area contributed by atoms with Crippen LogP contribution < -0.4 is 20.5 Å². The first-order valence-electron chi connectivity index (χ1n) is 15.1. The van der Waals surface area contributed by atoms with Crippen LogP contribution in [0.3, 0.4) is 0 Å². The third kappa shape index (κ3) is 7.06. The molecule has 0 aliphatic carbocycles. The number of nitrogens with one attached hydrogen (secondary N) is 1. The molecule has 1 N–H and O–H groups in total. The number of esters is 1. The third-order valence-electron chi connectivity index (χ3n) is 7.72. The number of ether oxygens (including phenoxy) is 3. The van der Waals surface area contributed by atoms with Gasteiger partial charge in [-0.2, -0.15) is 0 Å². The fourth-order valence-electron chi connectivity index (χ4n) is 5.71. The van der Waals surface area contributed by atoms with E-state index in [0.29, 0.717) is 43.1 Å². The zero-order valence-electron chi connectivity index (χ0n) is 26.7. The molecule has 1 aliphatic rings. The normalized spacial score (nSPS) is 15.0. The fourth-order valence-corrected chi connectivity index (χ4v) is 5.71. The first-order chi connectivity index (χ1) is 22.0. The van der Waals surface area contributed by atoms with Gasteiger partial charge in [-0.1, -0.05) is 42.5 Å². The summed E-state index contributed by atoms with van der Waals surface area (Å²) in [6, 6.07) is 16.0. The summed E-state index contributed by atoms with van der Waals surface area (Å²) < 4.78 is 19.0. The topological polar surface area (TPSA) is 134 Å². The van der Waals surface area contributed by atoms with E-state index in [0.717, 1.165) is 5.56 Å². The van der Waals surface area contributed by atoms with Gasteiger partial charge in [0.1, 0.15) is 33.8 Å². The van der Waals surface area contributed by atoms with E-state index in [2.05, 4.69) is 10.3 Å². The Labute approximate surface area is 266 Å². The van der Waals surface area contributed by atoms with Crippen molar-refractivity contribution in [1.82, 2.24) is 19.4 Å². The molecule has 1 aliphatic heterocycles. The lowest BCUT2D eigenvalue weighted by molar-refractivity contribution is 0.0498. The van der Waals surface area contributed by atoms with Gasteiger partial charge in [-0.15, -0.1) is 0 Å². The van der Waals surface area contributed by atoms with Gasteiger partial charge < -0.3 is 29.0 Å². The number of fused-ring (bicyclic) bond motifs is 1. The Morgan fingerprint density at radius 1 is 1.04 bits per heavy atom. The minimum atomic E-state index is -0.655. The maximum atomic E-state index is 14.2. The van der Waals surface area contributed by atoms with Gasteiger partial charge in [0.2, 0.25) is 0 Å². The van der Waals surface area contributed by atoms with Crippen LogP contribution in [0.4, 0.5) is 10.6 Å². The summed E-state index contributed by atoms with van der Waals surface area (Å²) in [4.78, 5) is 60.1. The van der Waals surface area contributed by atoms with E-state index in [1.807, 2.05) is 35.2 Å². The number of alkyl carbamates (subject to hydrolysis) is 1. The van der Waals surface area contributed by atoms with Crippen LogP contribution in [0.15, 0.2) is 65.7 Å². The molecular formula is C34H39N5O7. The smallest absolute Gasteiger partial charge is 0.407 e. The molecule has 1 atom stereocenters. The number of carbonyl (C=O) groups is 3. The van der Waals surface area contributed by atoms with E-state index in [4.69, 9.17) is 14.2 Å². The highest BCUT2D eigenvalue weighted by atomic mass is 16.6. The first kappa shape index (κ1) is 32.3. The molecule has 0 saturated carbocycles. The van der Waals surface area contributed by atoms with Gasteiger partial charge in [0, 0.05) is 31.2 Å². The molecule has 1 fully saturated rings. The van der Waals surface area contributed by atoms with E-state index in [1.165, 1.54) is 25.1 Å². The summed E-state index contributed by atoms with van der Waals surface area (Å²) in [5.74, 6) is 0.0368. The van der Waals surface area contributed by atoms with Crippen molar-refractivity contribution in [2.24, 2.45) is 0 Å². The Hall–Kier alpha value is -5.13. The number of rotatable bonds is 9. The molecule has 5 rings (SSSR count). The van der Waals surface area contributed by atoms with Crippen molar-refractivity contribution in [2.45, 2.75) is 58.3 Å². The number of Topliss-reactive ketones (excluding diaryl/α,β-unsaturated/α-hetero) is 1. The van der Waals surface area contributed by atoms with Crippen molar-refractivity contribution in [3.63, 3.8) is 0 Å². The van der Waals surface area contributed by atoms with Crippen molar-refractivity contribution >= 4 is 34.7 Å². The molecule has 242 valence electrons. The molecule has 12 nitrogen and oxygen atoms in total. The zero-order chi connectivity index (χ0) is 33.0. The summed E-state index contributed by atoms with van der Waals surface area (Å²) in [5, 5.41) is 2.95. The lowest BCUT2D eigenvalue weighted by atomic mass is 10.1. The molecule has 2 aromatic carbocycles. The molecule has 4 aromatic rings. The molecule has 1 saturated heterocycles. The molecule has 0 radical (unpaired) electrons. The van der Waals surface area contributed by atoms with Gasteiger partial charge in [0.05, 0.1) is 27.1 Å². The predicted octanol–water partition coefficient (Wildman–Crippen LogP) is 4.42. The second-order valence-corrected chi connectivity index (χ2v) is 12.2. The third-order valence-corrected chi connectivity index (χ3v) is 7.72. The number of aromatic nitrogens is 3. The number of benzene rings is 2. The number of carbonyl (C=O) groups excluding carboxylic acids is 3. The van der Waals surface area contributed by atoms with Crippen LogP contribution in [0.1, 0.15) is 59.9 Å². The highest BCUT2D eigenvalue weighted by Gasteiger charge is 2.34. The average molecular weight is 630 g/mol. The number of piperidine rings is 1. The largest absolute Gasteiger partial charge is 0.497 e. The monoisotopic (exact) mass is 629 g/mol. The minimum Gasteiger partial charge on any atom is -0.497 e. The molecule has 12 heteroatoms. The highest BCUT2D eigenvalue weighted by Crippen LogP contribution is 2.34. The van der Waals surface area contributed by atoms with Gasteiger partial charge in [-0.05, 0) is 51.3 Å². The Bertz CT molecular complexity index is 1810. The van der Waals surface area contributed by atoms with Crippen molar-refractivity contribution in [3.05, 3.63) is 88.0 Å². The maximum Gasteiger partial charge on any atom is 0.407 e. The van der Waals surface area contributed by atoms with Crippen LogP contribution in [0.2, 0.25) is 0 Å². The van der Waals surface area contributed by atoms with Crippen molar-refractivity contribution in [1.29, 1.82) is 0 Å². The van der Waals surface area contributed by atoms with Gasteiger partial charge in [0.25, 0.3) is 5.56 Å². The van der Waals surface area contributed by atoms with Gasteiger partial charge in [0.15, 0.2) is 5.78 Å². The molecular weight excluding hydrogens is 590 g/mol. The Kier molecular flexibility index (Phi) is 9.45. The number of anilines is 1. The molecule has 1 amide bonds. The lowest BCUT2D eigenvalue weighted by Gasteiger charge is -2.36. The zero-order valence-corrected chi connectivity index (χ0v) is 26.7. The SMILES string of the molecule is COC(=O)c1c(N2CCCC(NC(=O)OC(C)(C)C)C2)n(Cc2ccccc2)c2c(=O)n(CC(=O)c3cccc(OC)c3)cnc12. The standard InChI is InChI=1S/C34H39N5O7/c1-34(2,3)46-33(43)36-24-14-10-16-37(19-24)30-27(32(42)45-5)28-29(39(30)18-22-11-7-6-8-12-22)31(41)38(21-35-28)20-26(40)23-13-9-15-25(17-23)44-4/h6-9,11-13,15,17,21,24H,10,14,16,18-20H2,1-5H3,(H,36,43). The summed E-state index contributed by atoms with van der Waals surface area (Å²) in [6.07, 6.45) is 2.18. The Morgan fingerprint density at radius 2 is 1.80 bits per heavy atom. The van der Waals surface area contributed by atoms with E-state index < -0.39 is 23.2 Å². The van der Waals surface area contributed by atoms with E-state index >= 15 is 0 Å². The van der Waals surface area contributed by atoms with Crippen LogP contribution in [0, 0.1) is 0 Å². The second kappa shape index (κ2) is 13.5. The van der Waals surface area contributed by atoms with Gasteiger partial charge in [-0.25, -0.2) is 14.6 Å². The van der Waals surface area contributed by atoms with Crippen molar-refractivity contribution in [3.8, 4) is 5.75 Å². The molecule has 1 unspecified atom stereocenters. The number of hydrogen-bond acceptors (Lipinski definition) is 9. The maximum absolute atomic E-state index is 14.2. The molecule has 46 heavy (non-hydrogen) atoms. The Balaban J connectivity index is 1.61. The number of amides is 1. The quantitative estimate of drug-likeness (QED) is 0.211. The highest BCUT2D eigenvalue weighted by molar-refractivity contribution is 6.08. The lowest BCUT2D eigenvalue weighted by Crippen LogP contribution is -2.49. The first-order valence-corrected chi connectivity index (χ1v) is 15.1. The predicted molar refractivity (Wildman–Crippen MR) is 173 cm³/mol. The fraction of sp³-hybridized carbons (Fsp3) is 0.382.